The first kappa shape index (κ1) is 20.4. The Labute approximate surface area is 169 Å². The van der Waals surface area contributed by atoms with Crippen LogP contribution in [0.1, 0.15) is 25.0 Å². The number of aryl methyl sites for hydroxylation is 2. The number of hydrogen-bond acceptors (Lipinski definition) is 5. The number of amides is 2. The fourth-order valence-electron chi connectivity index (χ4n) is 3.15. The molecule has 7 nitrogen and oxygen atoms in total. The second kappa shape index (κ2) is 8.34. The van der Waals surface area contributed by atoms with E-state index in [0.717, 1.165) is 11.1 Å². The second-order valence-electron chi connectivity index (χ2n) is 7.09. The van der Waals surface area contributed by atoms with Gasteiger partial charge in [0, 0.05) is 12.6 Å². The van der Waals surface area contributed by atoms with E-state index in [1.807, 2.05) is 32.0 Å². The molecule has 0 aromatic heterocycles. The molecule has 7 heteroatoms. The van der Waals surface area contributed by atoms with Crippen LogP contribution in [0.5, 0.6) is 5.75 Å². The largest absolute Gasteiger partial charge is 0.475 e. The number of nitrogens with zero attached hydrogens (tertiary/aromatic N) is 1. The zero-order valence-corrected chi connectivity index (χ0v) is 16.9. The number of ether oxygens (including phenoxy) is 2. The molecule has 0 unspecified atom stereocenters. The van der Waals surface area contributed by atoms with E-state index in [0.29, 0.717) is 17.1 Å². The highest BCUT2D eigenvalue weighted by Crippen LogP contribution is 2.33. The number of rotatable bonds is 4. The number of carbonyl (C=O) groups is 3. The summed E-state index contributed by atoms with van der Waals surface area (Å²) in [5.41, 5.74) is 3.27. The maximum Gasteiger partial charge on any atom is 0.350 e. The molecule has 0 bridgehead atoms. The first-order valence-corrected chi connectivity index (χ1v) is 9.38. The number of hydrogen-bond donors (Lipinski definition) is 1. The van der Waals surface area contributed by atoms with Crippen molar-refractivity contribution in [2.24, 2.45) is 0 Å². The van der Waals surface area contributed by atoms with Gasteiger partial charge in [0.05, 0.1) is 12.2 Å². The summed E-state index contributed by atoms with van der Waals surface area (Å²) in [6, 6.07) is 12.6. The van der Waals surface area contributed by atoms with Gasteiger partial charge in [0.2, 0.25) is 12.0 Å². The van der Waals surface area contributed by atoms with E-state index < -0.39 is 24.1 Å². The van der Waals surface area contributed by atoms with Crippen molar-refractivity contribution in [2.75, 3.05) is 16.8 Å². The van der Waals surface area contributed by atoms with Crippen molar-refractivity contribution in [3.8, 4) is 5.75 Å². The lowest BCUT2D eigenvalue weighted by atomic mass is 10.1. The molecule has 0 saturated carbocycles. The zero-order valence-electron chi connectivity index (χ0n) is 16.9. The van der Waals surface area contributed by atoms with Crippen LogP contribution in [0.25, 0.3) is 0 Å². The van der Waals surface area contributed by atoms with Crippen LogP contribution in [-0.2, 0) is 19.1 Å². The predicted molar refractivity (Wildman–Crippen MR) is 109 cm³/mol. The van der Waals surface area contributed by atoms with Gasteiger partial charge < -0.3 is 19.7 Å². The fourth-order valence-corrected chi connectivity index (χ4v) is 3.15. The maximum atomic E-state index is 12.6. The predicted octanol–water partition coefficient (Wildman–Crippen LogP) is 2.99. The molecule has 1 heterocycles. The third-order valence-electron chi connectivity index (χ3n) is 4.72. The molecule has 0 fully saturated rings. The molecule has 152 valence electrons. The van der Waals surface area contributed by atoms with Gasteiger partial charge in [0.15, 0.2) is 6.10 Å². The standard InChI is InChI=1S/C22H24N2O5/c1-13-9-10-17(14(2)11-13)23-21(26)15(3)28-22(27)20-12-24(16(4)25)18-7-5-6-8-19(18)29-20/h5-11,15,20H,12H2,1-4H3,(H,23,26)/t15-,20+/m1/s1. The molecule has 1 N–H and O–H groups in total. The van der Waals surface area contributed by atoms with E-state index in [1.54, 1.807) is 24.3 Å². The lowest BCUT2D eigenvalue weighted by molar-refractivity contribution is -0.160. The second-order valence-corrected chi connectivity index (χ2v) is 7.09. The van der Waals surface area contributed by atoms with Crippen molar-refractivity contribution in [2.45, 2.75) is 39.9 Å². The summed E-state index contributed by atoms with van der Waals surface area (Å²) in [5.74, 6) is -0.929. The average Bonchev–Trinajstić information content (AvgIpc) is 2.68. The minimum atomic E-state index is -1.02. The first-order valence-electron chi connectivity index (χ1n) is 9.38. The third kappa shape index (κ3) is 4.56. The maximum absolute atomic E-state index is 12.6. The number of benzene rings is 2. The van der Waals surface area contributed by atoms with Gasteiger partial charge in [-0.1, -0.05) is 29.8 Å². The third-order valence-corrected chi connectivity index (χ3v) is 4.72. The summed E-state index contributed by atoms with van der Waals surface area (Å²) in [6.45, 7) is 6.80. The van der Waals surface area contributed by atoms with Crippen molar-refractivity contribution in [3.63, 3.8) is 0 Å². The van der Waals surface area contributed by atoms with Crippen LogP contribution in [0.2, 0.25) is 0 Å². The molecule has 3 rings (SSSR count). The Kier molecular flexibility index (Phi) is 5.87. The van der Waals surface area contributed by atoms with E-state index in [1.165, 1.54) is 18.7 Å². The van der Waals surface area contributed by atoms with Gasteiger partial charge in [-0.15, -0.1) is 0 Å². The summed E-state index contributed by atoms with van der Waals surface area (Å²) in [5, 5.41) is 2.77. The molecule has 0 saturated heterocycles. The van der Waals surface area contributed by atoms with Crippen LogP contribution in [0, 0.1) is 13.8 Å². The van der Waals surface area contributed by atoms with Gasteiger partial charge in [-0.25, -0.2) is 4.79 Å². The average molecular weight is 396 g/mol. The van der Waals surface area contributed by atoms with Crippen LogP contribution < -0.4 is 15.0 Å². The summed E-state index contributed by atoms with van der Waals surface area (Å²) >= 11 is 0. The molecule has 1 aliphatic rings. The van der Waals surface area contributed by atoms with Crippen molar-refractivity contribution in [3.05, 3.63) is 53.6 Å². The SMILES string of the molecule is CC(=O)N1C[C@@H](C(=O)O[C@H](C)C(=O)Nc2ccc(C)cc2C)Oc2ccccc21. The number of anilines is 2. The van der Waals surface area contributed by atoms with Crippen LogP contribution >= 0.6 is 0 Å². The normalized spacial score (nSPS) is 16.3. The van der Waals surface area contributed by atoms with Crippen molar-refractivity contribution < 1.29 is 23.9 Å². The number of esters is 1. The van der Waals surface area contributed by atoms with E-state index >= 15 is 0 Å². The van der Waals surface area contributed by atoms with Gasteiger partial charge in [-0.3, -0.25) is 9.59 Å². The van der Waals surface area contributed by atoms with Gasteiger partial charge in [-0.2, -0.15) is 0 Å². The van der Waals surface area contributed by atoms with E-state index in [9.17, 15) is 14.4 Å². The van der Waals surface area contributed by atoms with Crippen LogP contribution in [0.15, 0.2) is 42.5 Å². The molecule has 2 amide bonds. The number of fused-ring (bicyclic) bond motifs is 1. The Morgan fingerprint density at radius 3 is 2.59 bits per heavy atom. The monoisotopic (exact) mass is 396 g/mol. The lowest BCUT2D eigenvalue weighted by Gasteiger charge is -2.33. The number of carbonyl (C=O) groups excluding carboxylic acids is 3. The molecule has 2 aromatic carbocycles. The van der Waals surface area contributed by atoms with Gasteiger partial charge in [0.25, 0.3) is 5.91 Å². The quantitative estimate of drug-likeness (QED) is 0.803. The Bertz CT molecular complexity index is 956. The summed E-state index contributed by atoms with van der Waals surface area (Å²) in [7, 11) is 0. The molecule has 1 aliphatic heterocycles. The van der Waals surface area contributed by atoms with Crippen LogP contribution in [0.4, 0.5) is 11.4 Å². The molecule has 2 atom stereocenters. The van der Waals surface area contributed by atoms with Gasteiger partial charge in [-0.05, 0) is 44.5 Å². The van der Waals surface area contributed by atoms with Gasteiger partial charge in [0.1, 0.15) is 5.75 Å². The number of para-hydroxylation sites is 2. The Balaban J connectivity index is 1.66. The van der Waals surface area contributed by atoms with E-state index in [4.69, 9.17) is 9.47 Å². The minimum Gasteiger partial charge on any atom is -0.475 e. The fraction of sp³-hybridized carbons (Fsp3) is 0.318. The molecule has 0 radical (unpaired) electrons. The Morgan fingerprint density at radius 2 is 1.90 bits per heavy atom. The smallest absolute Gasteiger partial charge is 0.350 e. The van der Waals surface area contributed by atoms with E-state index in [-0.39, 0.29) is 12.5 Å². The molecule has 29 heavy (non-hydrogen) atoms. The summed E-state index contributed by atoms with van der Waals surface area (Å²) < 4.78 is 11.0. The molecule has 0 spiro atoms. The van der Waals surface area contributed by atoms with E-state index in [2.05, 4.69) is 5.32 Å². The molecular formula is C22H24N2O5. The van der Waals surface area contributed by atoms with Crippen molar-refractivity contribution in [1.82, 2.24) is 0 Å². The summed E-state index contributed by atoms with van der Waals surface area (Å²) in [6.07, 6.45) is -2.03. The first-order chi connectivity index (χ1) is 13.8. The van der Waals surface area contributed by atoms with Crippen LogP contribution in [0.3, 0.4) is 0 Å². The minimum absolute atomic E-state index is 0.0244. The Hall–Kier alpha value is -3.35. The summed E-state index contributed by atoms with van der Waals surface area (Å²) in [4.78, 5) is 38.5. The van der Waals surface area contributed by atoms with Crippen molar-refractivity contribution >= 4 is 29.2 Å². The van der Waals surface area contributed by atoms with Gasteiger partial charge >= 0.3 is 5.97 Å². The highest BCUT2D eigenvalue weighted by Gasteiger charge is 2.35. The van der Waals surface area contributed by atoms with Crippen LogP contribution in [-0.4, -0.2) is 36.5 Å². The molecular weight excluding hydrogens is 372 g/mol. The highest BCUT2D eigenvalue weighted by molar-refractivity contribution is 5.97. The number of nitrogens with one attached hydrogen (secondary N) is 1. The molecule has 2 aromatic rings. The zero-order chi connectivity index (χ0) is 21.1. The topological polar surface area (TPSA) is 84.9 Å². The molecule has 0 aliphatic carbocycles. The van der Waals surface area contributed by atoms with Crippen molar-refractivity contribution in [1.29, 1.82) is 0 Å². The Morgan fingerprint density at radius 1 is 1.17 bits per heavy atom. The highest BCUT2D eigenvalue weighted by atomic mass is 16.6. The lowest BCUT2D eigenvalue weighted by Crippen LogP contribution is -2.48.